The summed E-state index contributed by atoms with van der Waals surface area (Å²) in [5, 5.41) is 5.83. The number of aromatic nitrogens is 1. The molecule has 2 N–H and O–H groups in total. The fraction of sp³-hybridized carbons (Fsp3) is 0.348. The van der Waals surface area contributed by atoms with E-state index in [1.807, 2.05) is 0 Å². The highest BCUT2D eigenvalue weighted by atomic mass is 19.4. The van der Waals surface area contributed by atoms with Crippen LogP contribution in [0.25, 0.3) is 0 Å². The van der Waals surface area contributed by atoms with Crippen LogP contribution in [0, 0.1) is 5.82 Å². The molecule has 9 heteroatoms. The largest absolute Gasteiger partial charge is 0.433 e. The number of nitrogens with zero attached hydrogens (tertiary/aromatic N) is 2. The van der Waals surface area contributed by atoms with Crippen LogP contribution in [-0.2, 0) is 13.1 Å². The third kappa shape index (κ3) is 6.15. The predicted molar refractivity (Wildman–Crippen MR) is 114 cm³/mol. The summed E-state index contributed by atoms with van der Waals surface area (Å²) in [5.41, 5.74) is 1.52. The number of halogens is 4. The van der Waals surface area contributed by atoms with Crippen molar-refractivity contribution in [1.29, 1.82) is 0 Å². The predicted octanol–water partition coefficient (Wildman–Crippen LogP) is 4.70. The van der Waals surface area contributed by atoms with Crippen LogP contribution in [0.2, 0.25) is 0 Å². The summed E-state index contributed by atoms with van der Waals surface area (Å²) < 4.78 is 53.0. The van der Waals surface area contributed by atoms with Crippen LogP contribution < -0.4 is 10.6 Å². The zero-order valence-corrected chi connectivity index (χ0v) is 17.6. The molecule has 1 heterocycles. The monoisotopic (exact) mass is 448 g/mol. The lowest BCUT2D eigenvalue weighted by Gasteiger charge is -2.24. The molecule has 1 aliphatic carbocycles. The van der Waals surface area contributed by atoms with E-state index in [0.717, 1.165) is 19.0 Å². The molecular weight excluding hydrogens is 424 g/mol. The first kappa shape index (κ1) is 23.4. The van der Waals surface area contributed by atoms with E-state index < -0.39 is 11.9 Å². The topological polar surface area (TPSA) is 66.4 Å². The molecule has 3 rings (SSSR count). The number of hydrogen-bond acceptors (Lipinski definition) is 4. The number of alkyl halides is 3. The van der Waals surface area contributed by atoms with E-state index in [2.05, 4.69) is 20.6 Å². The molecule has 0 saturated carbocycles. The zero-order valence-electron chi connectivity index (χ0n) is 17.6. The molecule has 0 aliphatic heterocycles. The van der Waals surface area contributed by atoms with Gasteiger partial charge in [-0.05, 0) is 55.5 Å². The Labute approximate surface area is 183 Å². The van der Waals surface area contributed by atoms with Gasteiger partial charge >= 0.3 is 6.18 Å². The lowest BCUT2D eigenvalue weighted by molar-refractivity contribution is -0.0585. The SMILES string of the molecule is CN=C(C1=C(NCc2cc(C(=O)NCc3ccc(F)cc3)ccn2)CCCC1)C(F)(F)F. The fourth-order valence-electron chi connectivity index (χ4n) is 3.59. The van der Waals surface area contributed by atoms with Crippen LogP contribution in [0.1, 0.15) is 47.3 Å². The van der Waals surface area contributed by atoms with Crippen molar-refractivity contribution in [2.45, 2.75) is 44.9 Å². The van der Waals surface area contributed by atoms with E-state index in [9.17, 15) is 22.4 Å². The van der Waals surface area contributed by atoms with Gasteiger partial charge in [-0.15, -0.1) is 0 Å². The standard InChI is InChI=1S/C23H24F4N4O/c1-28-21(23(25,26)27)19-4-2-3-5-20(19)30-14-18-12-16(10-11-29-18)22(32)31-13-15-6-8-17(24)9-7-15/h6-12,30H,2-5,13-14H2,1H3,(H,31,32). The molecular formula is C23H24F4N4O. The third-order valence-corrected chi connectivity index (χ3v) is 5.17. The molecule has 0 unspecified atom stereocenters. The number of aliphatic imine (C=N–C) groups is 1. The Bertz CT molecular complexity index is 1010. The van der Waals surface area contributed by atoms with Gasteiger partial charge in [0.05, 0.1) is 12.2 Å². The molecule has 32 heavy (non-hydrogen) atoms. The molecule has 170 valence electrons. The Morgan fingerprint density at radius 2 is 1.81 bits per heavy atom. The summed E-state index contributed by atoms with van der Waals surface area (Å²) >= 11 is 0. The number of carbonyl (C=O) groups is 1. The van der Waals surface area contributed by atoms with Crippen LogP contribution in [0.3, 0.4) is 0 Å². The molecule has 0 fully saturated rings. The maximum atomic E-state index is 13.3. The summed E-state index contributed by atoms with van der Waals surface area (Å²) in [6.07, 6.45) is -0.739. The van der Waals surface area contributed by atoms with Gasteiger partial charge < -0.3 is 10.6 Å². The van der Waals surface area contributed by atoms with Gasteiger partial charge in [0.1, 0.15) is 11.5 Å². The third-order valence-electron chi connectivity index (χ3n) is 5.17. The van der Waals surface area contributed by atoms with Gasteiger partial charge in [0.15, 0.2) is 0 Å². The Morgan fingerprint density at radius 3 is 2.50 bits per heavy atom. The second-order valence-electron chi connectivity index (χ2n) is 7.43. The average Bonchev–Trinajstić information content (AvgIpc) is 2.77. The first-order valence-corrected chi connectivity index (χ1v) is 10.3. The number of pyridine rings is 1. The molecule has 0 bridgehead atoms. The summed E-state index contributed by atoms with van der Waals surface area (Å²) in [6.45, 7) is 0.425. The molecule has 0 radical (unpaired) electrons. The van der Waals surface area contributed by atoms with Gasteiger partial charge in [-0.1, -0.05) is 12.1 Å². The minimum atomic E-state index is -4.50. The van der Waals surface area contributed by atoms with Gasteiger partial charge in [0.2, 0.25) is 0 Å². The lowest BCUT2D eigenvalue weighted by Crippen LogP contribution is -2.30. The van der Waals surface area contributed by atoms with Crippen molar-refractivity contribution in [2.24, 2.45) is 4.99 Å². The number of nitrogens with one attached hydrogen (secondary N) is 2. The molecule has 5 nitrogen and oxygen atoms in total. The van der Waals surface area contributed by atoms with Crippen LogP contribution in [0.4, 0.5) is 17.6 Å². The maximum absolute atomic E-state index is 13.3. The normalized spacial score (nSPS) is 15.0. The summed E-state index contributed by atoms with van der Waals surface area (Å²) in [4.78, 5) is 20.1. The number of allylic oxidation sites excluding steroid dienone is 2. The van der Waals surface area contributed by atoms with Gasteiger partial charge in [-0.2, -0.15) is 13.2 Å². The fourth-order valence-corrected chi connectivity index (χ4v) is 3.59. The van der Waals surface area contributed by atoms with E-state index in [0.29, 0.717) is 36.2 Å². The van der Waals surface area contributed by atoms with Crippen molar-refractivity contribution >= 4 is 11.6 Å². The average molecular weight is 448 g/mol. The number of hydrogen-bond donors (Lipinski definition) is 2. The van der Waals surface area contributed by atoms with E-state index in [-0.39, 0.29) is 30.4 Å². The molecule has 1 aromatic heterocycles. The first-order chi connectivity index (χ1) is 15.3. The Hall–Kier alpha value is -3.23. The lowest BCUT2D eigenvalue weighted by atomic mass is 9.92. The molecule has 1 aliphatic rings. The molecule has 2 aromatic rings. The molecule has 1 aromatic carbocycles. The molecule has 1 amide bonds. The van der Waals surface area contributed by atoms with Crippen molar-refractivity contribution in [3.05, 3.63) is 76.5 Å². The number of carbonyl (C=O) groups excluding carboxylic acids is 1. The zero-order chi connectivity index (χ0) is 23.1. The van der Waals surface area contributed by atoms with Gasteiger partial charge in [0.25, 0.3) is 5.91 Å². The smallest absolute Gasteiger partial charge is 0.382 e. The van der Waals surface area contributed by atoms with Crippen LogP contribution in [0.5, 0.6) is 0 Å². The highest BCUT2D eigenvalue weighted by Gasteiger charge is 2.39. The van der Waals surface area contributed by atoms with E-state index in [4.69, 9.17) is 0 Å². The highest BCUT2D eigenvalue weighted by Crippen LogP contribution is 2.31. The van der Waals surface area contributed by atoms with Crippen molar-refractivity contribution in [2.75, 3.05) is 7.05 Å². The van der Waals surface area contributed by atoms with Crippen LogP contribution in [-0.4, -0.2) is 29.8 Å². The minimum Gasteiger partial charge on any atom is -0.382 e. The van der Waals surface area contributed by atoms with E-state index in [1.54, 1.807) is 24.3 Å². The van der Waals surface area contributed by atoms with Crippen molar-refractivity contribution in [3.8, 4) is 0 Å². The van der Waals surface area contributed by atoms with Crippen LogP contribution in [0.15, 0.2) is 58.9 Å². The van der Waals surface area contributed by atoms with Crippen molar-refractivity contribution in [3.63, 3.8) is 0 Å². The summed E-state index contributed by atoms with van der Waals surface area (Å²) in [6, 6.07) is 8.96. The van der Waals surface area contributed by atoms with Gasteiger partial charge in [0, 0.05) is 36.6 Å². The Balaban J connectivity index is 1.67. The second-order valence-corrected chi connectivity index (χ2v) is 7.43. The van der Waals surface area contributed by atoms with E-state index >= 15 is 0 Å². The molecule has 0 saturated heterocycles. The number of rotatable bonds is 7. The van der Waals surface area contributed by atoms with Crippen LogP contribution >= 0.6 is 0 Å². The molecule has 0 spiro atoms. The van der Waals surface area contributed by atoms with Gasteiger partial charge in [-0.25, -0.2) is 4.39 Å². The summed E-state index contributed by atoms with van der Waals surface area (Å²) in [7, 11) is 1.15. The highest BCUT2D eigenvalue weighted by molar-refractivity contribution is 6.04. The minimum absolute atomic E-state index is 0.187. The Morgan fingerprint density at radius 1 is 1.09 bits per heavy atom. The van der Waals surface area contributed by atoms with E-state index in [1.165, 1.54) is 18.3 Å². The van der Waals surface area contributed by atoms with Gasteiger partial charge in [-0.3, -0.25) is 14.8 Å². The summed E-state index contributed by atoms with van der Waals surface area (Å²) in [5.74, 6) is -0.678. The second kappa shape index (κ2) is 10.4. The number of amides is 1. The first-order valence-electron chi connectivity index (χ1n) is 10.3. The quantitative estimate of drug-likeness (QED) is 0.477. The number of benzene rings is 1. The molecule has 0 atom stereocenters. The maximum Gasteiger partial charge on any atom is 0.433 e. The van der Waals surface area contributed by atoms with Crippen molar-refractivity contribution < 1.29 is 22.4 Å². The van der Waals surface area contributed by atoms with Crippen molar-refractivity contribution in [1.82, 2.24) is 15.6 Å². The Kier molecular flexibility index (Phi) is 7.61.